The van der Waals surface area contributed by atoms with E-state index in [1.807, 2.05) is 18.5 Å². The highest BCUT2D eigenvalue weighted by molar-refractivity contribution is 5.75. The molecule has 0 saturated carbocycles. The highest BCUT2D eigenvalue weighted by Gasteiger charge is 2.21. The Kier molecular flexibility index (Phi) is 3.05. The number of nitrogens with zero attached hydrogens (tertiary/aromatic N) is 1. The fourth-order valence-electron chi connectivity index (χ4n) is 1.69. The molecule has 2 aromatic heterocycles. The van der Waals surface area contributed by atoms with Crippen LogP contribution in [0.3, 0.4) is 0 Å². The first-order valence-corrected chi connectivity index (χ1v) is 5.10. The van der Waals surface area contributed by atoms with Crippen LogP contribution in [0.1, 0.15) is 23.6 Å². The molecule has 0 radical (unpaired) electrons. The Bertz CT molecular complexity index is 434. The molecule has 2 aromatic rings. The predicted octanol–water partition coefficient (Wildman–Crippen LogP) is 1.54. The first kappa shape index (κ1) is 10.5. The van der Waals surface area contributed by atoms with Crippen LogP contribution in [0.5, 0.6) is 0 Å². The van der Waals surface area contributed by atoms with Gasteiger partial charge in [0.25, 0.3) is 0 Å². The van der Waals surface area contributed by atoms with Gasteiger partial charge in [-0.25, -0.2) is 4.98 Å². The largest absolute Gasteiger partial charge is 0.481 e. The zero-order valence-electron chi connectivity index (χ0n) is 8.68. The minimum absolute atomic E-state index is 0.541. The maximum atomic E-state index is 11.1. The van der Waals surface area contributed by atoms with Gasteiger partial charge in [0, 0.05) is 18.6 Å². The monoisotopic (exact) mass is 219 g/mol. The number of hydrogen-bond acceptors (Lipinski definition) is 2. The molecule has 0 amide bonds. The number of imidazole rings is 1. The summed E-state index contributed by atoms with van der Waals surface area (Å²) in [7, 11) is 0. The van der Waals surface area contributed by atoms with Crippen LogP contribution in [-0.2, 0) is 11.2 Å². The molecule has 5 heteroatoms. The molecule has 0 aliphatic carbocycles. The first-order chi connectivity index (χ1) is 7.77. The number of aromatic amines is 2. The maximum absolute atomic E-state index is 11.1. The van der Waals surface area contributed by atoms with Gasteiger partial charge in [0.15, 0.2) is 0 Å². The standard InChI is InChI=1S/C11H13N3O2/c15-11(16)9(10-6-13-7-14-10)2-1-8-3-4-12-5-8/h3-7,9,12H,1-2H2,(H,13,14)(H,15,16). The summed E-state index contributed by atoms with van der Waals surface area (Å²) in [5, 5.41) is 9.11. The summed E-state index contributed by atoms with van der Waals surface area (Å²) < 4.78 is 0. The van der Waals surface area contributed by atoms with Crippen LogP contribution in [0.4, 0.5) is 0 Å². The second kappa shape index (κ2) is 4.65. The van der Waals surface area contributed by atoms with E-state index < -0.39 is 11.9 Å². The third-order valence-electron chi connectivity index (χ3n) is 2.56. The van der Waals surface area contributed by atoms with Gasteiger partial charge < -0.3 is 15.1 Å². The zero-order valence-corrected chi connectivity index (χ0v) is 8.68. The molecule has 0 aliphatic heterocycles. The third kappa shape index (κ3) is 2.31. The van der Waals surface area contributed by atoms with E-state index in [0.29, 0.717) is 12.1 Å². The molecule has 1 atom stereocenters. The van der Waals surface area contributed by atoms with E-state index in [-0.39, 0.29) is 0 Å². The number of rotatable bonds is 5. The summed E-state index contributed by atoms with van der Waals surface area (Å²) in [6.45, 7) is 0. The molecule has 0 aliphatic rings. The van der Waals surface area contributed by atoms with Crippen molar-refractivity contribution in [2.24, 2.45) is 0 Å². The topological polar surface area (TPSA) is 81.8 Å². The van der Waals surface area contributed by atoms with Gasteiger partial charge >= 0.3 is 5.97 Å². The van der Waals surface area contributed by atoms with Crippen molar-refractivity contribution in [1.82, 2.24) is 15.0 Å². The van der Waals surface area contributed by atoms with E-state index in [1.54, 1.807) is 6.20 Å². The molecule has 0 spiro atoms. The minimum atomic E-state index is -0.831. The predicted molar refractivity (Wildman–Crippen MR) is 58.1 cm³/mol. The van der Waals surface area contributed by atoms with Crippen LogP contribution < -0.4 is 0 Å². The van der Waals surface area contributed by atoms with Gasteiger partial charge in [0.2, 0.25) is 0 Å². The molecule has 2 heterocycles. The second-order valence-corrected chi connectivity index (χ2v) is 3.64. The molecule has 1 unspecified atom stereocenters. The molecular weight excluding hydrogens is 206 g/mol. The highest BCUT2D eigenvalue weighted by Crippen LogP contribution is 2.19. The quantitative estimate of drug-likeness (QED) is 0.713. The Balaban J connectivity index is 2.02. The number of nitrogens with one attached hydrogen (secondary N) is 2. The highest BCUT2D eigenvalue weighted by atomic mass is 16.4. The lowest BCUT2D eigenvalue weighted by molar-refractivity contribution is -0.139. The Hall–Kier alpha value is -2.04. The average Bonchev–Trinajstić information content (AvgIpc) is 2.88. The van der Waals surface area contributed by atoms with Gasteiger partial charge in [-0.2, -0.15) is 0 Å². The lowest BCUT2D eigenvalue weighted by Crippen LogP contribution is -2.12. The number of carboxylic acid groups (broad SMARTS) is 1. The van der Waals surface area contributed by atoms with E-state index in [2.05, 4.69) is 15.0 Å². The van der Waals surface area contributed by atoms with Gasteiger partial charge in [-0.15, -0.1) is 0 Å². The molecule has 0 aromatic carbocycles. The zero-order chi connectivity index (χ0) is 11.4. The molecule has 84 valence electrons. The maximum Gasteiger partial charge on any atom is 0.312 e. The Labute approximate surface area is 92.5 Å². The molecule has 2 rings (SSSR count). The molecule has 3 N–H and O–H groups in total. The van der Waals surface area contributed by atoms with Crippen LogP contribution in [-0.4, -0.2) is 26.0 Å². The Morgan fingerprint density at radius 1 is 1.44 bits per heavy atom. The van der Waals surface area contributed by atoms with Gasteiger partial charge in [-0.3, -0.25) is 4.79 Å². The van der Waals surface area contributed by atoms with Crippen LogP contribution in [0, 0.1) is 0 Å². The van der Waals surface area contributed by atoms with Crippen molar-refractivity contribution in [2.75, 3.05) is 0 Å². The van der Waals surface area contributed by atoms with E-state index in [0.717, 1.165) is 12.0 Å². The smallest absolute Gasteiger partial charge is 0.312 e. The molecule has 0 fully saturated rings. The van der Waals surface area contributed by atoms with E-state index in [9.17, 15) is 4.79 Å². The van der Waals surface area contributed by atoms with Crippen LogP contribution in [0.25, 0.3) is 0 Å². The lowest BCUT2D eigenvalue weighted by Gasteiger charge is -2.08. The lowest BCUT2D eigenvalue weighted by atomic mass is 9.98. The van der Waals surface area contributed by atoms with E-state index in [1.165, 1.54) is 6.33 Å². The first-order valence-electron chi connectivity index (χ1n) is 5.10. The number of H-pyrrole nitrogens is 2. The summed E-state index contributed by atoms with van der Waals surface area (Å²) >= 11 is 0. The van der Waals surface area contributed by atoms with E-state index >= 15 is 0 Å². The van der Waals surface area contributed by atoms with Crippen molar-refractivity contribution in [2.45, 2.75) is 18.8 Å². The number of carbonyl (C=O) groups is 1. The van der Waals surface area contributed by atoms with Gasteiger partial charge in [-0.05, 0) is 24.5 Å². The molecule has 16 heavy (non-hydrogen) atoms. The molecular formula is C11H13N3O2. The summed E-state index contributed by atoms with van der Waals surface area (Å²) in [5.41, 5.74) is 1.70. The van der Waals surface area contributed by atoms with Crippen LogP contribution in [0.15, 0.2) is 31.0 Å². The Morgan fingerprint density at radius 3 is 2.88 bits per heavy atom. The number of aromatic nitrogens is 3. The molecule has 0 saturated heterocycles. The third-order valence-corrected chi connectivity index (χ3v) is 2.56. The van der Waals surface area contributed by atoms with Gasteiger partial charge in [-0.1, -0.05) is 0 Å². The van der Waals surface area contributed by atoms with E-state index in [4.69, 9.17) is 5.11 Å². The minimum Gasteiger partial charge on any atom is -0.481 e. The normalized spacial score (nSPS) is 12.5. The second-order valence-electron chi connectivity index (χ2n) is 3.64. The number of aryl methyl sites for hydroxylation is 1. The van der Waals surface area contributed by atoms with Gasteiger partial charge in [0.1, 0.15) is 5.92 Å². The summed E-state index contributed by atoms with van der Waals surface area (Å²) in [4.78, 5) is 20.8. The summed E-state index contributed by atoms with van der Waals surface area (Å²) in [5.74, 6) is -1.37. The van der Waals surface area contributed by atoms with Crippen molar-refractivity contribution in [1.29, 1.82) is 0 Å². The van der Waals surface area contributed by atoms with Crippen molar-refractivity contribution < 1.29 is 9.90 Å². The fourth-order valence-corrected chi connectivity index (χ4v) is 1.69. The van der Waals surface area contributed by atoms with Crippen LogP contribution >= 0.6 is 0 Å². The number of aliphatic carboxylic acids is 1. The number of carboxylic acids is 1. The fraction of sp³-hybridized carbons (Fsp3) is 0.273. The average molecular weight is 219 g/mol. The Morgan fingerprint density at radius 2 is 2.31 bits per heavy atom. The van der Waals surface area contributed by atoms with Gasteiger partial charge in [0.05, 0.1) is 12.0 Å². The molecule has 5 nitrogen and oxygen atoms in total. The van der Waals surface area contributed by atoms with Crippen molar-refractivity contribution >= 4 is 5.97 Å². The summed E-state index contributed by atoms with van der Waals surface area (Å²) in [6, 6.07) is 1.95. The summed E-state index contributed by atoms with van der Waals surface area (Å²) in [6.07, 6.45) is 8.13. The van der Waals surface area contributed by atoms with Crippen molar-refractivity contribution in [3.05, 3.63) is 42.2 Å². The SMILES string of the molecule is O=C(O)C(CCc1cc[nH]c1)c1c[nH]cn1. The van der Waals surface area contributed by atoms with Crippen molar-refractivity contribution in [3.8, 4) is 0 Å². The van der Waals surface area contributed by atoms with Crippen molar-refractivity contribution in [3.63, 3.8) is 0 Å². The number of hydrogen-bond donors (Lipinski definition) is 3. The molecule has 0 bridgehead atoms. The van der Waals surface area contributed by atoms with Crippen LogP contribution in [0.2, 0.25) is 0 Å².